The Morgan fingerprint density at radius 1 is 1.16 bits per heavy atom. The maximum Gasteiger partial charge on any atom is 0.250 e. The van der Waals surface area contributed by atoms with Crippen molar-refractivity contribution in [1.82, 2.24) is 25.0 Å². The molecule has 160 valence electrons. The fourth-order valence-corrected chi connectivity index (χ4v) is 4.66. The number of para-hydroxylation sites is 1. The van der Waals surface area contributed by atoms with Crippen molar-refractivity contribution in [2.45, 2.75) is 13.1 Å². The van der Waals surface area contributed by atoms with Crippen LogP contribution in [0.2, 0.25) is 5.02 Å². The van der Waals surface area contributed by atoms with Crippen LogP contribution >= 0.6 is 22.9 Å². The highest BCUT2D eigenvalue weighted by Gasteiger charge is 2.24. The molecule has 0 spiro atoms. The average molecular weight is 465 g/mol. The lowest BCUT2D eigenvalue weighted by atomic mass is 10.3. The van der Waals surface area contributed by atoms with Gasteiger partial charge in [0.15, 0.2) is 5.13 Å². The summed E-state index contributed by atoms with van der Waals surface area (Å²) in [5, 5.41) is 9.35. The molecule has 2 aromatic carbocycles. The highest BCUT2D eigenvalue weighted by molar-refractivity contribution is 7.23. The zero-order chi connectivity index (χ0) is 22.1. The summed E-state index contributed by atoms with van der Waals surface area (Å²) in [5.74, 6) is 0.403. The van der Waals surface area contributed by atoms with Crippen molar-refractivity contribution < 1.29 is 9.53 Å². The summed E-state index contributed by atoms with van der Waals surface area (Å²) in [6.07, 6.45) is 1.70. The van der Waals surface area contributed by atoms with Crippen LogP contribution in [0.5, 0.6) is 5.75 Å². The number of rotatable bonds is 6. The molecule has 0 aliphatic carbocycles. The Bertz CT molecular complexity index is 1420. The Labute approximate surface area is 192 Å². The molecule has 0 fully saturated rings. The molecule has 0 saturated carbocycles. The monoisotopic (exact) mass is 464 g/mol. The van der Waals surface area contributed by atoms with Gasteiger partial charge in [-0.2, -0.15) is 0 Å². The molecule has 0 N–H and O–H groups in total. The van der Waals surface area contributed by atoms with E-state index in [1.807, 2.05) is 42.5 Å². The van der Waals surface area contributed by atoms with Crippen LogP contribution in [0.4, 0.5) is 5.13 Å². The van der Waals surface area contributed by atoms with E-state index in [0.717, 1.165) is 21.4 Å². The van der Waals surface area contributed by atoms with Gasteiger partial charge in [-0.05, 0) is 36.4 Å². The molecule has 5 aromatic rings. The molecule has 0 unspecified atom stereocenters. The molecule has 0 radical (unpaired) electrons. The summed E-state index contributed by atoms with van der Waals surface area (Å²) in [6, 6.07) is 16.6. The molecule has 3 aromatic heterocycles. The van der Waals surface area contributed by atoms with Gasteiger partial charge in [-0.25, -0.2) is 9.67 Å². The van der Waals surface area contributed by atoms with E-state index >= 15 is 0 Å². The maximum absolute atomic E-state index is 13.5. The molecule has 3 heterocycles. The minimum absolute atomic E-state index is 0.00807. The largest absolute Gasteiger partial charge is 0.494 e. The Morgan fingerprint density at radius 3 is 2.81 bits per heavy atom. The lowest BCUT2D eigenvalue weighted by Crippen LogP contribution is -2.34. The summed E-state index contributed by atoms with van der Waals surface area (Å²) in [4.78, 5) is 24.2. The maximum atomic E-state index is 13.5. The predicted octanol–water partition coefficient (Wildman–Crippen LogP) is 4.33. The molecule has 5 rings (SSSR count). The number of carbonyl (C=O) groups excluding carboxylic acids is 1. The van der Waals surface area contributed by atoms with Gasteiger partial charge < -0.3 is 4.74 Å². The first kappa shape index (κ1) is 20.3. The van der Waals surface area contributed by atoms with Gasteiger partial charge in [0.1, 0.15) is 23.3 Å². The van der Waals surface area contributed by atoms with Crippen LogP contribution in [0.15, 0.2) is 60.8 Å². The van der Waals surface area contributed by atoms with Gasteiger partial charge in [0.2, 0.25) is 0 Å². The number of ether oxygens (including phenoxy) is 1. The quantitative estimate of drug-likeness (QED) is 0.371. The van der Waals surface area contributed by atoms with Crippen LogP contribution in [0.1, 0.15) is 5.69 Å². The fraction of sp³-hybridized carbons (Fsp3) is 0.136. The van der Waals surface area contributed by atoms with E-state index in [2.05, 4.69) is 15.3 Å². The summed E-state index contributed by atoms with van der Waals surface area (Å²) in [6.45, 7) is 0.264. The highest BCUT2D eigenvalue weighted by atomic mass is 35.5. The van der Waals surface area contributed by atoms with E-state index in [-0.39, 0.29) is 19.0 Å². The number of carbonyl (C=O) groups is 1. The van der Waals surface area contributed by atoms with E-state index in [4.69, 9.17) is 21.3 Å². The number of aromatic nitrogens is 5. The minimum atomic E-state index is -0.194. The summed E-state index contributed by atoms with van der Waals surface area (Å²) < 4.78 is 7.78. The Morgan fingerprint density at radius 2 is 2.00 bits per heavy atom. The van der Waals surface area contributed by atoms with Crippen LogP contribution in [0.25, 0.3) is 21.3 Å². The predicted molar refractivity (Wildman–Crippen MR) is 124 cm³/mol. The van der Waals surface area contributed by atoms with Crippen molar-refractivity contribution in [3.63, 3.8) is 0 Å². The van der Waals surface area contributed by atoms with E-state index in [1.54, 1.807) is 35.0 Å². The third-order valence-electron chi connectivity index (χ3n) is 4.95. The van der Waals surface area contributed by atoms with E-state index in [1.165, 1.54) is 11.3 Å². The molecule has 1 amide bonds. The number of methoxy groups -OCH3 is 1. The van der Waals surface area contributed by atoms with Crippen molar-refractivity contribution in [2.24, 2.45) is 0 Å². The van der Waals surface area contributed by atoms with Gasteiger partial charge in [-0.15, -0.1) is 5.10 Å². The van der Waals surface area contributed by atoms with Crippen molar-refractivity contribution in [2.75, 3.05) is 12.0 Å². The van der Waals surface area contributed by atoms with Gasteiger partial charge in [-0.1, -0.05) is 46.4 Å². The lowest BCUT2D eigenvalue weighted by molar-refractivity contribution is -0.119. The van der Waals surface area contributed by atoms with Gasteiger partial charge in [0.05, 0.1) is 34.6 Å². The van der Waals surface area contributed by atoms with Crippen LogP contribution in [0.3, 0.4) is 0 Å². The molecule has 10 heteroatoms. The summed E-state index contributed by atoms with van der Waals surface area (Å²) in [7, 11) is 1.58. The third kappa shape index (κ3) is 3.76. The Balaban J connectivity index is 1.55. The molecule has 32 heavy (non-hydrogen) atoms. The molecular formula is C22H17ClN6O2S. The van der Waals surface area contributed by atoms with E-state index < -0.39 is 0 Å². The average Bonchev–Trinajstić information content (AvgIpc) is 3.44. The smallest absolute Gasteiger partial charge is 0.250 e. The second-order valence-corrected chi connectivity index (χ2v) is 8.35. The van der Waals surface area contributed by atoms with Crippen LogP contribution < -0.4 is 9.64 Å². The number of hydrogen-bond acceptors (Lipinski definition) is 7. The zero-order valence-electron chi connectivity index (χ0n) is 17.0. The minimum Gasteiger partial charge on any atom is -0.494 e. The standard InChI is InChI=1S/C22H17ClN6O2S/c1-31-18-10-9-15(23)21-20(18)25-22(32-21)28(12-14-6-4-5-11-24-14)19(30)13-29-17-8-3-2-7-16(17)26-27-29/h2-11H,12-13H2,1H3. The van der Waals surface area contributed by atoms with Gasteiger partial charge >= 0.3 is 0 Å². The number of hydrogen-bond donors (Lipinski definition) is 0. The van der Waals surface area contributed by atoms with E-state index in [9.17, 15) is 4.79 Å². The number of anilines is 1. The van der Waals surface area contributed by atoms with Crippen LogP contribution in [-0.4, -0.2) is 38.0 Å². The van der Waals surface area contributed by atoms with Crippen LogP contribution in [0, 0.1) is 0 Å². The Kier molecular flexibility index (Phi) is 5.42. The first-order chi connectivity index (χ1) is 15.6. The second-order valence-electron chi connectivity index (χ2n) is 6.96. The first-order valence-corrected chi connectivity index (χ1v) is 10.9. The number of fused-ring (bicyclic) bond motifs is 2. The highest BCUT2D eigenvalue weighted by Crippen LogP contribution is 2.39. The third-order valence-corrected chi connectivity index (χ3v) is 6.49. The first-order valence-electron chi connectivity index (χ1n) is 9.75. The molecule has 8 nitrogen and oxygen atoms in total. The molecule has 0 atom stereocenters. The second kappa shape index (κ2) is 8.52. The van der Waals surface area contributed by atoms with Crippen molar-refractivity contribution in [3.8, 4) is 5.75 Å². The molecule has 0 saturated heterocycles. The van der Waals surface area contributed by atoms with Crippen LogP contribution in [-0.2, 0) is 17.9 Å². The number of halogens is 1. The Hall–Kier alpha value is -3.56. The molecule has 0 aliphatic rings. The molecule has 0 aliphatic heterocycles. The summed E-state index contributed by atoms with van der Waals surface area (Å²) >= 11 is 7.74. The lowest BCUT2D eigenvalue weighted by Gasteiger charge is -2.19. The topological polar surface area (TPSA) is 86.0 Å². The fourth-order valence-electron chi connectivity index (χ4n) is 3.39. The number of benzene rings is 2. The van der Waals surface area contributed by atoms with Gasteiger partial charge in [0.25, 0.3) is 5.91 Å². The van der Waals surface area contributed by atoms with Gasteiger partial charge in [0, 0.05) is 6.20 Å². The van der Waals surface area contributed by atoms with Crippen molar-refractivity contribution >= 4 is 55.2 Å². The zero-order valence-corrected chi connectivity index (χ0v) is 18.5. The number of nitrogens with zero attached hydrogens (tertiary/aromatic N) is 6. The molecular weight excluding hydrogens is 448 g/mol. The summed E-state index contributed by atoms with van der Waals surface area (Å²) in [5.41, 5.74) is 2.87. The number of amides is 1. The van der Waals surface area contributed by atoms with Crippen molar-refractivity contribution in [3.05, 3.63) is 71.5 Å². The van der Waals surface area contributed by atoms with Gasteiger partial charge in [-0.3, -0.25) is 14.7 Å². The number of thiazole rings is 1. The number of pyridine rings is 1. The van der Waals surface area contributed by atoms with Crippen molar-refractivity contribution in [1.29, 1.82) is 0 Å². The normalized spacial score (nSPS) is 11.2. The SMILES string of the molecule is COc1ccc(Cl)c2sc(N(Cc3ccccn3)C(=O)Cn3nnc4ccccc43)nc12. The molecule has 0 bridgehead atoms. The van der Waals surface area contributed by atoms with E-state index in [0.29, 0.717) is 21.4 Å².